The summed E-state index contributed by atoms with van der Waals surface area (Å²) in [4.78, 5) is 53.2. The van der Waals surface area contributed by atoms with Crippen LogP contribution in [0.15, 0.2) is 59.1 Å². The molecule has 2 atom stereocenters. The van der Waals surface area contributed by atoms with Crippen LogP contribution in [0.1, 0.15) is 54.2 Å². The largest absolute Gasteiger partial charge is 0.618 e. The molecule has 10 heteroatoms. The number of pyridine rings is 1. The zero-order valence-corrected chi connectivity index (χ0v) is 20.8. The maximum atomic E-state index is 13.2. The number of ketones is 1. The monoisotopic (exact) mass is 506 g/mol. The van der Waals surface area contributed by atoms with Gasteiger partial charge in [0.1, 0.15) is 11.6 Å². The summed E-state index contributed by atoms with van der Waals surface area (Å²) in [5.41, 5.74) is 0.502. The topological polar surface area (TPSA) is 136 Å². The van der Waals surface area contributed by atoms with Gasteiger partial charge in [0.25, 0.3) is 11.6 Å². The molecule has 0 aliphatic carbocycles. The summed E-state index contributed by atoms with van der Waals surface area (Å²) in [6.07, 6.45) is 2.39. The van der Waals surface area contributed by atoms with E-state index in [9.17, 15) is 24.4 Å². The third-order valence-corrected chi connectivity index (χ3v) is 6.28. The number of aromatic nitrogens is 1. The Balaban J connectivity index is 1.42. The molecule has 2 aromatic heterocycles. The van der Waals surface area contributed by atoms with Crippen LogP contribution in [0.25, 0.3) is 11.0 Å². The Bertz CT molecular complexity index is 1280. The molecule has 1 aromatic carbocycles. The van der Waals surface area contributed by atoms with Crippen LogP contribution in [0.3, 0.4) is 0 Å². The maximum Gasteiger partial charge on any atom is 0.320 e. The number of carbonyl (C=O) groups is 4. The van der Waals surface area contributed by atoms with Crippen molar-refractivity contribution < 1.29 is 28.3 Å². The summed E-state index contributed by atoms with van der Waals surface area (Å²) >= 11 is 0. The molecule has 0 saturated carbocycles. The number of amides is 3. The number of benzene rings is 1. The molecule has 37 heavy (non-hydrogen) atoms. The van der Waals surface area contributed by atoms with E-state index in [2.05, 4.69) is 10.6 Å². The fraction of sp³-hybridized carbons (Fsp3) is 0.370. The van der Waals surface area contributed by atoms with Gasteiger partial charge in [-0.25, -0.2) is 0 Å². The molecule has 1 fully saturated rings. The van der Waals surface area contributed by atoms with E-state index < -0.39 is 29.8 Å². The lowest BCUT2D eigenvalue weighted by Gasteiger charge is -2.23. The van der Waals surface area contributed by atoms with Gasteiger partial charge in [0.05, 0.1) is 12.6 Å². The third kappa shape index (κ3) is 6.14. The fourth-order valence-corrected chi connectivity index (χ4v) is 4.40. The normalized spacial score (nSPS) is 16.9. The Hall–Kier alpha value is -4.21. The number of carbonyl (C=O) groups excluding carboxylic acids is 4. The molecule has 1 unspecified atom stereocenters. The molecule has 194 valence electrons. The van der Waals surface area contributed by atoms with Gasteiger partial charge in [-0.2, -0.15) is 4.73 Å². The third-order valence-electron chi connectivity index (χ3n) is 6.28. The van der Waals surface area contributed by atoms with Crippen LogP contribution in [0.4, 0.5) is 0 Å². The van der Waals surface area contributed by atoms with Gasteiger partial charge in [0.15, 0.2) is 17.7 Å². The molecule has 10 nitrogen and oxygen atoms in total. The minimum Gasteiger partial charge on any atom is -0.618 e. The van der Waals surface area contributed by atoms with E-state index in [4.69, 9.17) is 4.42 Å². The number of fused-ring (bicyclic) bond motifs is 1. The van der Waals surface area contributed by atoms with E-state index in [1.54, 1.807) is 24.3 Å². The van der Waals surface area contributed by atoms with Crippen LogP contribution >= 0.6 is 0 Å². The first-order valence-electron chi connectivity index (χ1n) is 12.3. The highest BCUT2D eigenvalue weighted by atomic mass is 16.5. The number of rotatable bonds is 7. The van der Waals surface area contributed by atoms with E-state index in [0.29, 0.717) is 29.6 Å². The number of Topliss-reactive ketones (excluding diaryl/α,β-unsaturated/α-hetero) is 1. The maximum absolute atomic E-state index is 13.2. The second-order valence-electron chi connectivity index (χ2n) is 9.61. The van der Waals surface area contributed by atoms with E-state index in [0.717, 1.165) is 5.39 Å². The molecule has 1 aliphatic rings. The standard InChI is InChI=1S/C27H30N4O6/c1-17(2)14-20(29-26(34)24-15-18-8-3-4-11-23(18)37-24)25(33)28-19-9-7-12-30(16-22(19)32)27(35)21-10-5-6-13-31(21)36/h3-6,8,10-11,13,15,17,19-20H,7,9,12,14,16H2,1-2H3,(H,28,33)(H,29,34)/t19-,20?/m0/s1. The molecule has 0 spiro atoms. The number of furan rings is 1. The van der Waals surface area contributed by atoms with E-state index in [-0.39, 0.29) is 36.2 Å². The highest BCUT2D eigenvalue weighted by Crippen LogP contribution is 2.19. The summed E-state index contributed by atoms with van der Waals surface area (Å²) in [6, 6.07) is 11.7. The molecule has 2 N–H and O–H groups in total. The van der Waals surface area contributed by atoms with Crippen molar-refractivity contribution in [3.63, 3.8) is 0 Å². The number of hydrogen-bond acceptors (Lipinski definition) is 6. The highest BCUT2D eigenvalue weighted by molar-refractivity contribution is 6.00. The average Bonchev–Trinajstić information content (AvgIpc) is 3.22. The van der Waals surface area contributed by atoms with Gasteiger partial charge in [-0.1, -0.05) is 32.0 Å². The van der Waals surface area contributed by atoms with Crippen LogP contribution in [-0.4, -0.2) is 53.6 Å². The van der Waals surface area contributed by atoms with Crippen molar-refractivity contribution >= 4 is 34.5 Å². The van der Waals surface area contributed by atoms with Crippen molar-refractivity contribution in [2.75, 3.05) is 13.1 Å². The smallest absolute Gasteiger partial charge is 0.320 e. The van der Waals surface area contributed by atoms with Crippen molar-refractivity contribution in [1.29, 1.82) is 0 Å². The van der Waals surface area contributed by atoms with E-state index in [1.807, 2.05) is 26.0 Å². The number of nitrogens with zero attached hydrogens (tertiary/aromatic N) is 2. The first kappa shape index (κ1) is 25.9. The second-order valence-corrected chi connectivity index (χ2v) is 9.61. The Morgan fingerprint density at radius 3 is 2.65 bits per heavy atom. The van der Waals surface area contributed by atoms with Gasteiger partial charge in [0, 0.05) is 24.1 Å². The SMILES string of the molecule is CC(C)CC(NC(=O)c1cc2ccccc2o1)C(=O)N[C@H]1CCCN(C(=O)c2cccc[n+]2[O-])CC1=O. The predicted molar refractivity (Wildman–Crippen MR) is 134 cm³/mol. The van der Waals surface area contributed by atoms with Crippen molar-refractivity contribution in [3.8, 4) is 0 Å². The average molecular weight is 507 g/mol. The van der Waals surface area contributed by atoms with Gasteiger partial charge >= 0.3 is 5.91 Å². The van der Waals surface area contributed by atoms with Gasteiger partial charge in [-0.3, -0.25) is 19.2 Å². The van der Waals surface area contributed by atoms with Crippen molar-refractivity contribution in [2.45, 2.75) is 45.2 Å². The Morgan fingerprint density at radius 2 is 1.92 bits per heavy atom. The summed E-state index contributed by atoms with van der Waals surface area (Å²) < 4.78 is 6.09. The highest BCUT2D eigenvalue weighted by Gasteiger charge is 2.33. The van der Waals surface area contributed by atoms with Crippen molar-refractivity contribution in [1.82, 2.24) is 15.5 Å². The molecule has 4 rings (SSSR count). The van der Waals surface area contributed by atoms with Gasteiger partial charge in [0.2, 0.25) is 5.91 Å². The summed E-state index contributed by atoms with van der Waals surface area (Å²) in [5.74, 6) is -1.68. The van der Waals surface area contributed by atoms with Gasteiger partial charge in [-0.15, -0.1) is 0 Å². The zero-order valence-electron chi connectivity index (χ0n) is 20.8. The van der Waals surface area contributed by atoms with Crippen LogP contribution < -0.4 is 15.4 Å². The Morgan fingerprint density at radius 1 is 1.16 bits per heavy atom. The molecule has 1 saturated heterocycles. The van der Waals surface area contributed by atoms with Crippen molar-refractivity contribution in [2.24, 2.45) is 5.92 Å². The molecule has 0 bridgehead atoms. The lowest BCUT2D eigenvalue weighted by atomic mass is 10.0. The molecule has 0 radical (unpaired) electrons. The predicted octanol–water partition coefficient (Wildman–Crippen LogP) is 2.20. The number of likely N-dealkylation sites (tertiary alicyclic amines) is 1. The lowest BCUT2D eigenvalue weighted by molar-refractivity contribution is -0.608. The van der Waals surface area contributed by atoms with Crippen LogP contribution in [0, 0.1) is 11.1 Å². The first-order chi connectivity index (χ1) is 17.7. The molecular formula is C27H30N4O6. The second kappa shape index (κ2) is 11.2. The van der Waals surface area contributed by atoms with Crippen LogP contribution in [-0.2, 0) is 9.59 Å². The Kier molecular flexibility index (Phi) is 7.86. The summed E-state index contributed by atoms with van der Waals surface area (Å²) in [7, 11) is 0. The van der Waals surface area contributed by atoms with E-state index >= 15 is 0 Å². The molecule has 3 aromatic rings. The van der Waals surface area contributed by atoms with Gasteiger partial charge in [-0.05, 0) is 43.4 Å². The quantitative estimate of drug-likeness (QED) is 0.373. The first-order valence-corrected chi connectivity index (χ1v) is 12.3. The van der Waals surface area contributed by atoms with Crippen LogP contribution in [0.2, 0.25) is 0 Å². The van der Waals surface area contributed by atoms with Crippen LogP contribution in [0.5, 0.6) is 0 Å². The minimum absolute atomic E-state index is 0.0666. The molecular weight excluding hydrogens is 476 g/mol. The van der Waals surface area contributed by atoms with Gasteiger partial charge < -0.3 is 25.2 Å². The molecule has 3 amide bonds. The molecule has 3 heterocycles. The fourth-order valence-electron chi connectivity index (χ4n) is 4.40. The number of hydrogen-bond donors (Lipinski definition) is 2. The Labute approximate surface area is 214 Å². The van der Waals surface area contributed by atoms with Crippen molar-refractivity contribution in [3.05, 3.63) is 71.4 Å². The summed E-state index contributed by atoms with van der Waals surface area (Å²) in [5, 5.41) is 18.3. The number of nitrogens with one attached hydrogen (secondary N) is 2. The van der Waals surface area contributed by atoms with E-state index in [1.165, 1.54) is 23.2 Å². The number of para-hydroxylation sites is 1. The zero-order chi connectivity index (χ0) is 26.5. The lowest BCUT2D eigenvalue weighted by Crippen LogP contribution is -2.52. The molecule has 1 aliphatic heterocycles. The minimum atomic E-state index is -0.877. The summed E-state index contributed by atoms with van der Waals surface area (Å²) in [6.45, 7) is 3.92.